The van der Waals surface area contributed by atoms with Gasteiger partial charge in [0, 0.05) is 26.9 Å². The van der Waals surface area contributed by atoms with Gasteiger partial charge in [-0.15, -0.1) is 0 Å². The Hall–Kier alpha value is -3.25. The van der Waals surface area contributed by atoms with Crippen LogP contribution in [0.3, 0.4) is 0 Å². The van der Waals surface area contributed by atoms with Crippen LogP contribution in [0.5, 0.6) is 0 Å². The topological polar surface area (TPSA) is 45.5 Å². The molecule has 170 valence electrons. The summed E-state index contributed by atoms with van der Waals surface area (Å²) < 4.78 is 18.9. The average molecular weight is 443 g/mol. The van der Waals surface area contributed by atoms with Crippen molar-refractivity contribution in [2.24, 2.45) is 0 Å². The van der Waals surface area contributed by atoms with Gasteiger partial charge < -0.3 is 14.2 Å². The van der Waals surface area contributed by atoms with Gasteiger partial charge in [0.05, 0.1) is 31.2 Å². The fourth-order valence-electron chi connectivity index (χ4n) is 4.57. The van der Waals surface area contributed by atoms with E-state index in [-0.39, 0.29) is 0 Å². The van der Waals surface area contributed by atoms with Gasteiger partial charge in [0.25, 0.3) is 0 Å². The summed E-state index contributed by atoms with van der Waals surface area (Å²) in [6.45, 7) is 1.20. The van der Waals surface area contributed by atoms with Gasteiger partial charge in [0.1, 0.15) is 5.54 Å². The number of benzene rings is 3. The van der Waals surface area contributed by atoms with Crippen LogP contribution in [-0.4, -0.2) is 31.1 Å². The zero-order chi connectivity index (χ0) is 23.1. The zero-order valence-corrected chi connectivity index (χ0v) is 19.4. The second kappa shape index (κ2) is 10.6. The molecule has 1 heterocycles. The third kappa shape index (κ3) is 4.23. The lowest BCUT2D eigenvalue weighted by Gasteiger charge is -2.37. The summed E-state index contributed by atoms with van der Waals surface area (Å²) in [6, 6.07) is 31.5. The van der Waals surface area contributed by atoms with Crippen LogP contribution in [0.2, 0.25) is 0 Å². The van der Waals surface area contributed by atoms with E-state index in [1.807, 2.05) is 18.2 Å². The Balaban J connectivity index is 2.16. The summed E-state index contributed by atoms with van der Waals surface area (Å²) >= 11 is 0. The van der Waals surface area contributed by atoms with Gasteiger partial charge >= 0.3 is 0 Å². The minimum atomic E-state index is -0.716. The molecule has 1 aromatic heterocycles. The molecule has 0 bridgehead atoms. The van der Waals surface area contributed by atoms with Crippen molar-refractivity contribution in [1.82, 2.24) is 9.78 Å². The van der Waals surface area contributed by atoms with Crippen molar-refractivity contribution in [3.63, 3.8) is 0 Å². The minimum Gasteiger partial charge on any atom is -0.380 e. The van der Waals surface area contributed by atoms with Crippen molar-refractivity contribution in [2.45, 2.75) is 25.4 Å². The van der Waals surface area contributed by atoms with Crippen LogP contribution in [0.25, 0.3) is 0 Å². The maximum absolute atomic E-state index is 5.69. The first-order chi connectivity index (χ1) is 16.3. The van der Waals surface area contributed by atoms with Gasteiger partial charge in [0.2, 0.25) is 0 Å². The van der Waals surface area contributed by atoms with E-state index in [9.17, 15) is 0 Å². The molecule has 3 aromatic carbocycles. The Labute approximate surface area is 195 Å². The molecule has 0 aliphatic carbocycles. The van der Waals surface area contributed by atoms with Gasteiger partial charge in [-0.2, -0.15) is 5.10 Å². The molecule has 0 fully saturated rings. The molecule has 0 saturated carbocycles. The third-order valence-electron chi connectivity index (χ3n) is 5.92. The monoisotopic (exact) mass is 442 g/mol. The number of ether oxygens (including phenoxy) is 3. The van der Waals surface area contributed by atoms with Crippen molar-refractivity contribution in [1.29, 1.82) is 0 Å². The molecule has 5 heteroatoms. The number of nitrogens with zero attached hydrogens (tertiary/aromatic N) is 2. The van der Waals surface area contributed by atoms with Crippen molar-refractivity contribution in [2.75, 3.05) is 21.3 Å². The zero-order valence-electron chi connectivity index (χ0n) is 19.4. The molecule has 33 heavy (non-hydrogen) atoms. The summed E-state index contributed by atoms with van der Waals surface area (Å²) in [7, 11) is 5.09. The largest absolute Gasteiger partial charge is 0.380 e. The smallest absolute Gasteiger partial charge is 0.138 e. The van der Waals surface area contributed by atoms with E-state index in [1.54, 1.807) is 21.3 Å². The van der Waals surface area contributed by atoms with Gasteiger partial charge in [-0.1, -0.05) is 91.0 Å². The molecular formula is C28H30N2O3. The summed E-state index contributed by atoms with van der Waals surface area (Å²) in [5, 5.41) is 5.17. The second-order valence-corrected chi connectivity index (χ2v) is 7.89. The maximum Gasteiger partial charge on any atom is 0.138 e. The highest BCUT2D eigenvalue weighted by Crippen LogP contribution is 2.42. The number of rotatable bonds is 10. The Kier molecular flexibility index (Phi) is 7.35. The molecule has 0 aliphatic rings. The van der Waals surface area contributed by atoms with E-state index in [1.165, 1.54) is 0 Å². The number of hydrogen-bond acceptors (Lipinski definition) is 4. The first-order valence-corrected chi connectivity index (χ1v) is 11.0. The maximum atomic E-state index is 5.69. The molecule has 0 atom stereocenters. The van der Waals surface area contributed by atoms with Crippen LogP contribution in [0.1, 0.15) is 33.6 Å². The lowest BCUT2D eigenvalue weighted by molar-refractivity contribution is 0.157. The Morgan fingerprint density at radius 2 is 1.03 bits per heavy atom. The molecular weight excluding hydrogens is 412 g/mol. The van der Waals surface area contributed by atoms with Crippen molar-refractivity contribution in [3.8, 4) is 0 Å². The summed E-state index contributed by atoms with van der Waals surface area (Å²) in [4.78, 5) is 0. The Morgan fingerprint density at radius 3 is 1.42 bits per heavy atom. The normalized spacial score (nSPS) is 11.6. The third-order valence-corrected chi connectivity index (χ3v) is 5.92. The second-order valence-electron chi connectivity index (χ2n) is 7.89. The molecule has 0 amide bonds. The number of methoxy groups -OCH3 is 3. The first-order valence-electron chi connectivity index (χ1n) is 11.0. The molecule has 0 spiro atoms. The van der Waals surface area contributed by atoms with Crippen LogP contribution in [0.15, 0.2) is 91.0 Å². The summed E-state index contributed by atoms with van der Waals surface area (Å²) in [6.07, 6.45) is 0. The van der Waals surface area contributed by atoms with Crippen LogP contribution < -0.4 is 0 Å². The molecule has 0 unspecified atom stereocenters. The molecule has 5 nitrogen and oxygen atoms in total. The Bertz CT molecular complexity index is 1050. The molecule has 4 rings (SSSR count). The first kappa shape index (κ1) is 22.9. The fourth-order valence-corrected chi connectivity index (χ4v) is 4.57. The number of aromatic nitrogens is 2. The highest BCUT2D eigenvalue weighted by atomic mass is 16.5. The average Bonchev–Trinajstić information content (AvgIpc) is 3.19. The highest BCUT2D eigenvalue weighted by Gasteiger charge is 2.42. The van der Waals surface area contributed by atoms with Crippen molar-refractivity contribution in [3.05, 3.63) is 125 Å². The standard InChI is InChI=1S/C28H30N2O3/c1-31-19-25-26(20-32-2)29-30(27(25)21-33-3)28(22-13-7-4-8-14-22,23-15-9-5-10-16-23)24-17-11-6-12-18-24/h4-18H,19-21H2,1-3H3. The van der Waals surface area contributed by atoms with E-state index in [2.05, 4.69) is 77.5 Å². The molecule has 0 aliphatic heterocycles. The van der Waals surface area contributed by atoms with Crippen molar-refractivity contribution < 1.29 is 14.2 Å². The van der Waals surface area contributed by atoms with E-state index < -0.39 is 5.54 Å². The van der Waals surface area contributed by atoms with Crippen LogP contribution in [-0.2, 0) is 39.6 Å². The van der Waals surface area contributed by atoms with Gasteiger partial charge in [0.15, 0.2) is 0 Å². The highest BCUT2D eigenvalue weighted by molar-refractivity contribution is 5.51. The van der Waals surface area contributed by atoms with Crippen LogP contribution >= 0.6 is 0 Å². The van der Waals surface area contributed by atoms with E-state index in [4.69, 9.17) is 19.3 Å². The SMILES string of the molecule is COCc1nn(C(c2ccccc2)(c2ccccc2)c2ccccc2)c(COC)c1COC. The fraction of sp³-hybridized carbons (Fsp3) is 0.250. The van der Waals surface area contributed by atoms with Crippen molar-refractivity contribution >= 4 is 0 Å². The van der Waals surface area contributed by atoms with Gasteiger partial charge in [-0.05, 0) is 16.7 Å². The van der Waals surface area contributed by atoms with E-state index >= 15 is 0 Å². The molecule has 4 aromatic rings. The molecule has 0 N–H and O–H groups in total. The van der Waals surface area contributed by atoms with Gasteiger partial charge in [-0.3, -0.25) is 0 Å². The predicted octanol–water partition coefficient (Wildman–Crippen LogP) is 5.16. The number of hydrogen-bond donors (Lipinski definition) is 0. The summed E-state index contributed by atoms with van der Waals surface area (Å²) in [5.41, 5.74) is 5.40. The molecule has 0 saturated heterocycles. The van der Waals surface area contributed by atoms with E-state index in [0.29, 0.717) is 19.8 Å². The predicted molar refractivity (Wildman–Crippen MR) is 129 cm³/mol. The van der Waals surface area contributed by atoms with E-state index in [0.717, 1.165) is 33.6 Å². The van der Waals surface area contributed by atoms with Crippen LogP contribution in [0.4, 0.5) is 0 Å². The Morgan fingerprint density at radius 1 is 0.606 bits per heavy atom. The van der Waals surface area contributed by atoms with Gasteiger partial charge in [-0.25, -0.2) is 4.68 Å². The minimum absolute atomic E-state index is 0.386. The quantitative estimate of drug-likeness (QED) is 0.318. The lowest BCUT2D eigenvalue weighted by atomic mass is 9.77. The summed E-state index contributed by atoms with van der Waals surface area (Å²) in [5.74, 6) is 0. The van der Waals surface area contributed by atoms with Crippen LogP contribution in [0, 0.1) is 0 Å². The molecule has 0 radical (unpaired) electrons. The lowest BCUT2D eigenvalue weighted by Crippen LogP contribution is -2.40.